The van der Waals surface area contributed by atoms with Gasteiger partial charge in [0.15, 0.2) is 0 Å². The molecule has 6 heteroatoms. The van der Waals surface area contributed by atoms with E-state index < -0.39 is 10.0 Å². The zero-order valence-electron chi connectivity index (χ0n) is 18.6. The van der Waals surface area contributed by atoms with Crippen LogP contribution in [0.2, 0.25) is 0 Å². The molecule has 4 rings (SSSR count). The summed E-state index contributed by atoms with van der Waals surface area (Å²) in [5.74, 6) is 0. The Morgan fingerprint density at radius 1 is 0.781 bits per heavy atom. The fourth-order valence-electron chi connectivity index (χ4n) is 3.67. The summed E-state index contributed by atoms with van der Waals surface area (Å²) in [6, 6.07) is 19.9. The minimum atomic E-state index is -3.89. The average molecular weight is 447 g/mol. The Morgan fingerprint density at radius 3 is 2.16 bits per heavy atom. The molecule has 0 aliphatic carbocycles. The van der Waals surface area contributed by atoms with Crippen molar-refractivity contribution in [2.45, 2.75) is 39.1 Å². The Balaban J connectivity index is 1.86. The fourth-order valence-corrected chi connectivity index (χ4v) is 5.10. The van der Waals surface area contributed by atoms with Crippen LogP contribution in [0.25, 0.3) is 10.9 Å². The monoisotopic (exact) mass is 446 g/mol. The second kappa shape index (κ2) is 8.28. The second-order valence-corrected chi connectivity index (χ2v) is 10.2. The van der Waals surface area contributed by atoms with E-state index in [0.29, 0.717) is 11.3 Å². The topological polar surface area (TPSA) is 70.2 Å². The van der Waals surface area contributed by atoms with Gasteiger partial charge in [0, 0.05) is 11.1 Å². The maximum absolute atomic E-state index is 13.7. The third-order valence-electron chi connectivity index (χ3n) is 5.78. The number of aromatic amines is 1. The standard InChI is InChI=1S/C26H26N2O3S/c1-17-6-11-24(12-7-17)32(30,31)28(23-10-8-19(3)20(4)14-23)16-22-15-21-9-5-18(2)13-25(21)27-26(22)29/h5-15H,16H2,1-4H3,(H,27,29). The van der Waals surface area contributed by atoms with Crippen molar-refractivity contribution in [1.29, 1.82) is 0 Å². The van der Waals surface area contributed by atoms with Crippen LogP contribution in [0, 0.1) is 27.7 Å². The van der Waals surface area contributed by atoms with Crippen LogP contribution in [0.5, 0.6) is 0 Å². The number of benzene rings is 3. The SMILES string of the molecule is Cc1ccc(S(=O)(=O)N(Cc2cc3ccc(C)cc3[nH]c2=O)c2ccc(C)c(C)c2)cc1. The van der Waals surface area contributed by atoms with Gasteiger partial charge in [0.05, 0.1) is 17.1 Å². The summed E-state index contributed by atoms with van der Waals surface area (Å²) in [4.78, 5) is 16.0. The molecule has 0 aliphatic heterocycles. The van der Waals surface area contributed by atoms with Crippen LogP contribution in [0.3, 0.4) is 0 Å². The fraction of sp³-hybridized carbons (Fsp3) is 0.192. The van der Waals surface area contributed by atoms with Crippen molar-refractivity contribution in [2.24, 2.45) is 0 Å². The van der Waals surface area contributed by atoms with Gasteiger partial charge in [0.25, 0.3) is 15.6 Å². The number of H-pyrrole nitrogens is 1. The Bertz CT molecular complexity index is 1470. The molecule has 1 heterocycles. The summed E-state index contributed by atoms with van der Waals surface area (Å²) in [6.07, 6.45) is 0. The number of rotatable bonds is 5. The van der Waals surface area contributed by atoms with Crippen LogP contribution in [0.15, 0.2) is 76.4 Å². The summed E-state index contributed by atoms with van der Waals surface area (Å²) in [7, 11) is -3.89. The second-order valence-electron chi connectivity index (χ2n) is 8.31. The summed E-state index contributed by atoms with van der Waals surface area (Å²) < 4.78 is 28.7. The summed E-state index contributed by atoms with van der Waals surface area (Å²) in [5, 5.41) is 0.859. The normalized spacial score (nSPS) is 11.6. The quantitative estimate of drug-likeness (QED) is 0.460. The number of nitrogens with one attached hydrogen (secondary N) is 1. The molecule has 0 saturated heterocycles. The van der Waals surface area contributed by atoms with Gasteiger partial charge in [-0.2, -0.15) is 0 Å². The smallest absolute Gasteiger partial charge is 0.264 e. The van der Waals surface area contributed by atoms with Gasteiger partial charge >= 0.3 is 0 Å². The van der Waals surface area contributed by atoms with Crippen LogP contribution < -0.4 is 9.86 Å². The molecule has 0 amide bonds. The Morgan fingerprint density at radius 2 is 1.47 bits per heavy atom. The highest BCUT2D eigenvalue weighted by Gasteiger charge is 2.26. The van der Waals surface area contributed by atoms with Gasteiger partial charge in [0.2, 0.25) is 0 Å². The van der Waals surface area contributed by atoms with E-state index in [1.807, 2.05) is 58.0 Å². The lowest BCUT2D eigenvalue weighted by Crippen LogP contribution is -2.33. The number of nitrogens with zero attached hydrogens (tertiary/aromatic N) is 1. The van der Waals surface area contributed by atoms with Gasteiger partial charge in [-0.15, -0.1) is 0 Å². The third kappa shape index (κ3) is 4.18. The number of hydrogen-bond acceptors (Lipinski definition) is 3. The third-order valence-corrected chi connectivity index (χ3v) is 7.57. The number of aryl methyl sites for hydroxylation is 4. The number of sulfonamides is 1. The minimum absolute atomic E-state index is 0.0716. The molecule has 0 atom stereocenters. The molecular weight excluding hydrogens is 420 g/mol. The molecule has 1 N–H and O–H groups in total. The Hall–Kier alpha value is -3.38. The lowest BCUT2D eigenvalue weighted by Gasteiger charge is -2.25. The lowest BCUT2D eigenvalue weighted by molar-refractivity contribution is 0.590. The average Bonchev–Trinajstić information content (AvgIpc) is 2.74. The molecule has 3 aromatic carbocycles. The van der Waals surface area contributed by atoms with Gasteiger partial charge in [-0.25, -0.2) is 8.42 Å². The Kier molecular flexibility index (Phi) is 5.65. The highest BCUT2D eigenvalue weighted by molar-refractivity contribution is 7.92. The molecule has 0 fully saturated rings. The molecule has 0 bridgehead atoms. The van der Waals surface area contributed by atoms with Gasteiger partial charge < -0.3 is 4.98 Å². The molecule has 0 saturated carbocycles. The van der Waals surface area contributed by atoms with E-state index in [1.165, 1.54) is 4.31 Å². The van der Waals surface area contributed by atoms with Crippen LogP contribution in [-0.2, 0) is 16.6 Å². The van der Waals surface area contributed by atoms with Crippen molar-refractivity contribution < 1.29 is 8.42 Å². The number of fused-ring (bicyclic) bond motifs is 1. The van der Waals surface area contributed by atoms with Crippen LogP contribution in [0.4, 0.5) is 5.69 Å². The van der Waals surface area contributed by atoms with E-state index >= 15 is 0 Å². The molecule has 0 aliphatic rings. The predicted octanol–water partition coefficient (Wildman–Crippen LogP) is 5.16. The molecule has 32 heavy (non-hydrogen) atoms. The van der Waals surface area contributed by atoms with E-state index in [-0.39, 0.29) is 17.0 Å². The van der Waals surface area contributed by atoms with E-state index in [2.05, 4.69) is 4.98 Å². The molecule has 164 valence electrons. The van der Waals surface area contributed by atoms with Gasteiger partial charge in [0.1, 0.15) is 0 Å². The van der Waals surface area contributed by atoms with Crippen molar-refractivity contribution in [2.75, 3.05) is 4.31 Å². The number of anilines is 1. The largest absolute Gasteiger partial charge is 0.322 e. The van der Waals surface area contributed by atoms with Gasteiger partial charge in [-0.05, 0) is 86.2 Å². The first-order chi connectivity index (χ1) is 15.1. The zero-order valence-corrected chi connectivity index (χ0v) is 19.5. The van der Waals surface area contributed by atoms with Crippen LogP contribution >= 0.6 is 0 Å². The van der Waals surface area contributed by atoms with E-state index in [1.54, 1.807) is 36.4 Å². The van der Waals surface area contributed by atoms with Gasteiger partial charge in [-0.1, -0.05) is 35.9 Å². The van der Waals surface area contributed by atoms with E-state index in [9.17, 15) is 13.2 Å². The molecule has 0 unspecified atom stereocenters. The maximum Gasteiger partial charge on any atom is 0.264 e. The molecule has 0 radical (unpaired) electrons. The summed E-state index contributed by atoms with van der Waals surface area (Å²) >= 11 is 0. The van der Waals surface area contributed by atoms with Crippen LogP contribution in [-0.4, -0.2) is 13.4 Å². The van der Waals surface area contributed by atoms with Crippen molar-refractivity contribution >= 4 is 26.6 Å². The number of pyridine rings is 1. The van der Waals surface area contributed by atoms with Crippen molar-refractivity contribution in [3.8, 4) is 0 Å². The molecule has 4 aromatic rings. The minimum Gasteiger partial charge on any atom is -0.322 e. The van der Waals surface area contributed by atoms with Crippen molar-refractivity contribution in [1.82, 2.24) is 4.98 Å². The maximum atomic E-state index is 13.7. The van der Waals surface area contributed by atoms with E-state index in [4.69, 9.17) is 0 Å². The number of aromatic nitrogens is 1. The molecule has 5 nitrogen and oxygen atoms in total. The first-order valence-electron chi connectivity index (χ1n) is 10.4. The van der Waals surface area contributed by atoms with E-state index in [0.717, 1.165) is 33.2 Å². The highest BCUT2D eigenvalue weighted by atomic mass is 32.2. The molecule has 0 spiro atoms. The highest BCUT2D eigenvalue weighted by Crippen LogP contribution is 2.28. The lowest BCUT2D eigenvalue weighted by atomic mass is 10.1. The Labute approximate surface area is 188 Å². The van der Waals surface area contributed by atoms with Crippen molar-refractivity contribution in [3.63, 3.8) is 0 Å². The predicted molar refractivity (Wildman–Crippen MR) is 130 cm³/mol. The molecule has 1 aromatic heterocycles. The van der Waals surface area contributed by atoms with Gasteiger partial charge in [-0.3, -0.25) is 9.10 Å². The zero-order chi connectivity index (χ0) is 23.0. The van der Waals surface area contributed by atoms with Crippen molar-refractivity contribution in [3.05, 3.63) is 105 Å². The molecular formula is C26H26N2O3S. The first-order valence-corrected chi connectivity index (χ1v) is 11.9. The summed E-state index contributed by atoms with van der Waals surface area (Å²) in [6.45, 7) is 7.72. The first kappa shape index (κ1) is 21.8. The van der Waals surface area contributed by atoms with Crippen LogP contribution in [0.1, 0.15) is 27.8 Å². The summed E-state index contributed by atoms with van der Waals surface area (Å²) in [5.41, 5.74) is 5.42. The number of hydrogen-bond donors (Lipinski definition) is 1.